The van der Waals surface area contributed by atoms with E-state index in [-0.39, 0.29) is 5.91 Å². The highest BCUT2D eigenvalue weighted by Gasteiger charge is 2.33. The van der Waals surface area contributed by atoms with Gasteiger partial charge in [-0.2, -0.15) is 4.31 Å². The Bertz CT molecular complexity index is 735. The van der Waals surface area contributed by atoms with Crippen molar-refractivity contribution in [3.8, 4) is 0 Å². The van der Waals surface area contributed by atoms with E-state index in [0.717, 1.165) is 24.1 Å². The average Bonchev–Trinajstić information content (AvgIpc) is 2.96. The maximum Gasteiger partial charge on any atom is 0.243 e. The van der Waals surface area contributed by atoms with Gasteiger partial charge in [-0.25, -0.2) is 8.42 Å². The molecule has 1 saturated heterocycles. The zero-order valence-corrected chi connectivity index (χ0v) is 15.5. The summed E-state index contributed by atoms with van der Waals surface area (Å²) in [7, 11) is -3.46. The molecule has 1 aromatic rings. The molecule has 0 N–H and O–H groups in total. The number of amides is 1. The van der Waals surface area contributed by atoms with Crippen LogP contribution in [0.2, 0.25) is 0 Å². The number of piperidine rings is 1. The molecule has 5 nitrogen and oxygen atoms in total. The lowest BCUT2D eigenvalue weighted by Gasteiger charge is -2.34. The number of hydrogen-bond donors (Lipinski definition) is 0. The van der Waals surface area contributed by atoms with Crippen molar-refractivity contribution in [3.63, 3.8) is 0 Å². The molecular formula is C18H26N2O3S. The first-order valence-corrected chi connectivity index (χ1v) is 10.2. The largest absolute Gasteiger partial charge is 0.312 e. The number of fused-ring (bicyclic) bond motifs is 1. The molecule has 1 fully saturated rings. The van der Waals surface area contributed by atoms with Gasteiger partial charge in [0.05, 0.1) is 4.90 Å². The molecule has 3 rings (SSSR count). The van der Waals surface area contributed by atoms with Crippen LogP contribution in [0.3, 0.4) is 0 Å². The number of carbonyl (C=O) groups excluding carboxylic acids is 1. The molecule has 0 aliphatic carbocycles. The molecule has 2 aliphatic heterocycles. The summed E-state index contributed by atoms with van der Waals surface area (Å²) in [6.45, 7) is 7.87. The second kappa shape index (κ2) is 6.48. The SMILES string of the molecule is CCC(=O)N1CCc2cc(S(=O)(=O)N3CC(C)CC(C)C3)ccc21. The third-order valence-electron chi connectivity index (χ3n) is 5.02. The maximum atomic E-state index is 13.0. The van der Waals surface area contributed by atoms with Gasteiger partial charge in [0, 0.05) is 31.7 Å². The van der Waals surface area contributed by atoms with Crippen molar-refractivity contribution in [2.45, 2.75) is 44.9 Å². The Morgan fingerprint density at radius 1 is 1.21 bits per heavy atom. The van der Waals surface area contributed by atoms with Crippen LogP contribution in [0, 0.1) is 11.8 Å². The maximum absolute atomic E-state index is 13.0. The fourth-order valence-corrected chi connectivity index (χ4v) is 5.67. The molecule has 0 bridgehead atoms. The summed E-state index contributed by atoms with van der Waals surface area (Å²) in [4.78, 5) is 14.1. The summed E-state index contributed by atoms with van der Waals surface area (Å²) in [5, 5.41) is 0. The van der Waals surface area contributed by atoms with Gasteiger partial charge < -0.3 is 4.90 Å². The highest BCUT2D eigenvalue weighted by atomic mass is 32.2. The molecule has 24 heavy (non-hydrogen) atoms. The van der Waals surface area contributed by atoms with Gasteiger partial charge in [0.2, 0.25) is 15.9 Å². The van der Waals surface area contributed by atoms with Crippen molar-refractivity contribution < 1.29 is 13.2 Å². The molecule has 132 valence electrons. The average molecular weight is 350 g/mol. The highest BCUT2D eigenvalue weighted by Crippen LogP contribution is 2.33. The molecule has 2 atom stereocenters. The van der Waals surface area contributed by atoms with Crippen molar-refractivity contribution in [1.29, 1.82) is 0 Å². The molecule has 0 saturated carbocycles. The summed E-state index contributed by atoms with van der Waals surface area (Å²) in [6.07, 6.45) is 2.25. The van der Waals surface area contributed by atoms with E-state index in [4.69, 9.17) is 0 Å². The fraction of sp³-hybridized carbons (Fsp3) is 0.611. The van der Waals surface area contributed by atoms with E-state index in [2.05, 4.69) is 13.8 Å². The van der Waals surface area contributed by atoms with Crippen molar-refractivity contribution in [2.24, 2.45) is 11.8 Å². The topological polar surface area (TPSA) is 57.7 Å². The van der Waals surface area contributed by atoms with E-state index in [0.29, 0.717) is 42.8 Å². The van der Waals surface area contributed by atoms with Crippen molar-refractivity contribution in [1.82, 2.24) is 4.31 Å². The lowest BCUT2D eigenvalue weighted by molar-refractivity contribution is -0.118. The van der Waals surface area contributed by atoms with E-state index in [1.54, 1.807) is 27.4 Å². The first-order chi connectivity index (χ1) is 11.3. The highest BCUT2D eigenvalue weighted by molar-refractivity contribution is 7.89. The van der Waals surface area contributed by atoms with Gasteiger partial charge in [-0.3, -0.25) is 4.79 Å². The Hall–Kier alpha value is -1.40. The predicted molar refractivity (Wildman–Crippen MR) is 94.5 cm³/mol. The van der Waals surface area contributed by atoms with Crippen LogP contribution in [0.1, 0.15) is 39.2 Å². The standard InChI is InChI=1S/C18H26N2O3S/c1-4-18(21)20-8-7-15-10-16(5-6-17(15)20)24(22,23)19-11-13(2)9-14(3)12-19/h5-6,10,13-14H,4,7-9,11-12H2,1-3H3. The smallest absolute Gasteiger partial charge is 0.243 e. The molecule has 1 aromatic carbocycles. The molecule has 0 radical (unpaired) electrons. The van der Waals surface area contributed by atoms with Crippen molar-refractivity contribution >= 4 is 21.6 Å². The number of rotatable bonds is 3. The Morgan fingerprint density at radius 2 is 1.88 bits per heavy atom. The van der Waals surface area contributed by atoms with Crippen LogP contribution in [0.15, 0.2) is 23.1 Å². The number of anilines is 1. The van der Waals surface area contributed by atoms with E-state index < -0.39 is 10.0 Å². The molecule has 2 unspecified atom stereocenters. The van der Waals surface area contributed by atoms with Gasteiger partial charge in [-0.05, 0) is 48.4 Å². The van der Waals surface area contributed by atoms with Crippen LogP contribution in [0.5, 0.6) is 0 Å². The second-order valence-corrected chi connectivity index (χ2v) is 9.15. The molecule has 0 aromatic heterocycles. The minimum Gasteiger partial charge on any atom is -0.312 e. The van der Waals surface area contributed by atoms with E-state index in [9.17, 15) is 13.2 Å². The number of hydrogen-bond acceptors (Lipinski definition) is 3. The normalized spacial score (nSPS) is 24.9. The molecule has 0 spiro atoms. The van der Waals surface area contributed by atoms with E-state index in [1.807, 2.05) is 6.92 Å². The Balaban J connectivity index is 1.89. The lowest BCUT2D eigenvalue weighted by atomic mass is 9.94. The molecular weight excluding hydrogens is 324 g/mol. The Morgan fingerprint density at radius 3 is 2.50 bits per heavy atom. The van der Waals surface area contributed by atoms with Crippen LogP contribution in [0.4, 0.5) is 5.69 Å². The molecule has 6 heteroatoms. The Labute approximate surface area is 144 Å². The number of benzene rings is 1. The van der Waals surface area contributed by atoms with Crippen molar-refractivity contribution in [3.05, 3.63) is 23.8 Å². The third kappa shape index (κ3) is 3.09. The van der Waals surface area contributed by atoms with Gasteiger partial charge in [0.25, 0.3) is 0 Å². The minimum atomic E-state index is -3.46. The number of sulfonamides is 1. The zero-order chi connectivity index (χ0) is 17.5. The first kappa shape index (κ1) is 17.4. The zero-order valence-electron chi connectivity index (χ0n) is 14.7. The van der Waals surface area contributed by atoms with Crippen LogP contribution in [-0.4, -0.2) is 38.3 Å². The van der Waals surface area contributed by atoms with E-state index in [1.165, 1.54) is 0 Å². The summed E-state index contributed by atoms with van der Waals surface area (Å²) in [5.41, 5.74) is 1.82. The number of nitrogens with zero attached hydrogens (tertiary/aromatic N) is 2. The van der Waals surface area contributed by atoms with Crippen LogP contribution < -0.4 is 4.90 Å². The Kier molecular flexibility index (Phi) is 4.71. The predicted octanol–water partition coefficient (Wildman–Crippen LogP) is 2.65. The summed E-state index contributed by atoms with van der Waals surface area (Å²) < 4.78 is 27.6. The van der Waals surface area contributed by atoms with Crippen LogP contribution >= 0.6 is 0 Å². The van der Waals surface area contributed by atoms with Crippen molar-refractivity contribution in [2.75, 3.05) is 24.5 Å². The van der Waals surface area contributed by atoms with Gasteiger partial charge >= 0.3 is 0 Å². The van der Waals surface area contributed by atoms with Crippen LogP contribution in [-0.2, 0) is 21.2 Å². The monoisotopic (exact) mass is 350 g/mol. The van der Waals surface area contributed by atoms with Crippen LogP contribution in [0.25, 0.3) is 0 Å². The van der Waals surface area contributed by atoms with Gasteiger partial charge in [-0.15, -0.1) is 0 Å². The summed E-state index contributed by atoms with van der Waals surface area (Å²) in [5.74, 6) is 0.856. The lowest BCUT2D eigenvalue weighted by Crippen LogP contribution is -2.42. The fourth-order valence-electron chi connectivity index (χ4n) is 3.94. The molecule has 1 amide bonds. The first-order valence-electron chi connectivity index (χ1n) is 8.76. The van der Waals surface area contributed by atoms with Gasteiger partial charge in [0.15, 0.2) is 0 Å². The van der Waals surface area contributed by atoms with Gasteiger partial charge in [-0.1, -0.05) is 20.8 Å². The quantitative estimate of drug-likeness (QED) is 0.842. The summed E-state index contributed by atoms with van der Waals surface area (Å²) >= 11 is 0. The molecule has 2 heterocycles. The molecule has 2 aliphatic rings. The second-order valence-electron chi connectivity index (χ2n) is 7.21. The third-order valence-corrected chi connectivity index (χ3v) is 6.85. The summed E-state index contributed by atoms with van der Waals surface area (Å²) in [6, 6.07) is 5.20. The number of carbonyl (C=O) groups is 1. The van der Waals surface area contributed by atoms with E-state index >= 15 is 0 Å². The van der Waals surface area contributed by atoms with Gasteiger partial charge in [0.1, 0.15) is 0 Å². The minimum absolute atomic E-state index is 0.0861.